The van der Waals surface area contributed by atoms with Gasteiger partial charge in [0.2, 0.25) is 0 Å². The fraction of sp³-hybridized carbons (Fsp3) is 0.385. The molecular weight excluding hydrogens is 218 g/mol. The summed E-state index contributed by atoms with van der Waals surface area (Å²) in [5.41, 5.74) is 1.28. The minimum Gasteiger partial charge on any atom is -0.469 e. The molecule has 0 aliphatic heterocycles. The minimum absolute atomic E-state index is 0.390. The van der Waals surface area contributed by atoms with Gasteiger partial charge in [0.05, 0.1) is 6.26 Å². The van der Waals surface area contributed by atoms with E-state index in [-0.39, 0.29) is 0 Å². The Hall–Kier alpha value is -1.06. The van der Waals surface area contributed by atoms with Crippen molar-refractivity contribution in [3.8, 4) is 0 Å². The van der Waals surface area contributed by atoms with Crippen LogP contribution < -0.4 is 5.32 Å². The Labute approximate surface area is 100 Å². The third-order valence-corrected chi connectivity index (χ3v) is 3.82. The SMILES string of the molecule is CNC(CCc1cccs1)c1ccoc1C. The lowest BCUT2D eigenvalue weighted by Crippen LogP contribution is -2.17. The third-order valence-electron chi connectivity index (χ3n) is 2.88. The highest BCUT2D eigenvalue weighted by molar-refractivity contribution is 7.09. The van der Waals surface area contributed by atoms with Crippen LogP contribution in [0.4, 0.5) is 0 Å². The van der Waals surface area contributed by atoms with Gasteiger partial charge in [0.15, 0.2) is 0 Å². The fourth-order valence-electron chi connectivity index (χ4n) is 1.95. The Bertz CT molecular complexity index is 419. The van der Waals surface area contributed by atoms with Crippen LogP contribution in [0.5, 0.6) is 0 Å². The van der Waals surface area contributed by atoms with Crippen molar-refractivity contribution >= 4 is 11.3 Å². The van der Waals surface area contributed by atoms with Gasteiger partial charge in [-0.1, -0.05) is 6.07 Å². The zero-order valence-corrected chi connectivity index (χ0v) is 10.5. The van der Waals surface area contributed by atoms with E-state index in [1.165, 1.54) is 10.4 Å². The van der Waals surface area contributed by atoms with Crippen LogP contribution >= 0.6 is 11.3 Å². The van der Waals surface area contributed by atoms with Gasteiger partial charge in [-0.3, -0.25) is 0 Å². The Morgan fingerprint density at radius 2 is 2.31 bits per heavy atom. The molecule has 0 amide bonds. The molecule has 0 fully saturated rings. The van der Waals surface area contributed by atoms with Crippen molar-refractivity contribution in [3.63, 3.8) is 0 Å². The van der Waals surface area contributed by atoms with Gasteiger partial charge in [0.25, 0.3) is 0 Å². The molecule has 2 aromatic heterocycles. The Morgan fingerprint density at radius 3 is 2.88 bits per heavy atom. The van der Waals surface area contributed by atoms with Crippen LogP contribution in [0.25, 0.3) is 0 Å². The van der Waals surface area contributed by atoms with Gasteiger partial charge in [-0.05, 0) is 44.3 Å². The highest BCUT2D eigenvalue weighted by Crippen LogP contribution is 2.24. The van der Waals surface area contributed by atoms with Crippen LogP contribution in [-0.2, 0) is 6.42 Å². The maximum atomic E-state index is 5.35. The van der Waals surface area contributed by atoms with Gasteiger partial charge in [-0.25, -0.2) is 0 Å². The first-order valence-electron chi connectivity index (χ1n) is 5.55. The Kier molecular flexibility index (Phi) is 3.80. The van der Waals surface area contributed by atoms with Gasteiger partial charge < -0.3 is 9.73 Å². The number of hydrogen-bond donors (Lipinski definition) is 1. The van der Waals surface area contributed by atoms with Crippen molar-refractivity contribution in [3.05, 3.63) is 46.0 Å². The van der Waals surface area contributed by atoms with Crippen molar-refractivity contribution in [2.75, 3.05) is 7.05 Å². The van der Waals surface area contributed by atoms with Crippen LogP contribution in [0.2, 0.25) is 0 Å². The minimum atomic E-state index is 0.390. The highest BCUT2D eigenvalue weighted by Gasteiger charge is 2.13. The molecule has 0 spiro atoms. The summed E-state index contributed by atoms with van der Waals surface area (Å²) in [6, 6.07) is 6.75. The van der Waals surface area contributed by atoms with E-state index in [0.29, 0.717) is 6.04 Å². The van der Waals surface area contributed by atoms with E-state index in [0.717, 1.165) is 18.6 Å². The largest absolute Gasteiger partial charge is 0.469 e. The molecule has 86 valence electrons. The van der Waals surface area contributed by atoms with Gasteiger partial charge in [-0.15, -0.1) is 11.3 Å². The van der Waals surface area contributed by atoms with E-state index in [2.05, 4.69) is 28.9 Å². The molecule has 0 saturated heterocycles. The fourth-order valence-corrected chi connectivity index (χ4v) is 2.68. The normalized spacial score (nSPS) is 12.9. The Morgan fingerprint density at radius 1 is 1.44 bits per heavy atom. The molecule has 2 aromatic rings. The summed E-state index contributed by atoms with van der Waals surface area (Å²) < 4.78 is 5.35. The van der Waals surface area contributed by atoms with E-state index in [4.69, 9.17) is 4.42 Å². The standard InChI is InChI=1S/C13H17NOS/c1-10-12(7-8-15-10)13(14-2)6-5-11-4-3-9-16-11/h3-4,7-9,13-14H,5-6H2,1-2H3. The molecule has 1 N–H and O–H groups in total. The van der Waals surface area contributed by atoms with Gasteiger partial charge >= 0.3 is 0 Å². The average Bonchev–Trinajstić information content (AvgIpc) is 2.92. The number of hydrogen-bond acceptors (Lipinski definition) is 3. The molecule has 0 aliphatic rings. The molecule has 2 rings (SSSR count). The second-order valence-corrected chi connectivity index (χ2v) is 4.92. The molecule has 0 aliphatic carbocycles. The van der Waals surface area contributed by atoms with E-state index < -0.39 is 0 Å². The number of nitrogens with one attached hydrogen (secondary N) is 1. The van der Waals surface area contributed by atoms with Crippen molar-refractivity contribution in [1.82, 2.24) is 5.32 Å². The molecule has 3 heteroatoms. The van der Waals surface area contributed by atoms with E-state index in [1.807, 2.05) is 25.3 Å². The predicted molar refractivity (Wildman–Crippen MR) is 67.9 cm³/mol. The third kappa shape index (κ3) is 2.54. The van der Waals surface area contributed by atoms with Crippen molar-refractivity contribution in [1.29, 1.82) is 0 Å². The Balaban J connectivity index is 1.99. The summed E-state index contributed by atoms with van der Waals surface area (Å²) in [6.45, 7) is 2.02. The monoisotopic (exact) mass is 235 g/mol. The summed E-state index contributed by atoms with van der Waals surface area (Å²) >= 11 is 1.83. The lowest BCUT2D eigenvalue weighted by Gasteiger charge is -2.14. The molecule has 1 unspecified atom stereocenters. The zero-order chi connectivity index (χ0) is 11.4. The maximum absolute atomic E-state index is 5.35. The van der Waals surface area contributed by atoms with Crippen molar-refractivity contribution < 1.29 is 4.42 Å². The number of thiophene rings is 1. The van der Waals surface area contributed by atoms with E-state index >= 15 is 0 Å². The second-order valence-electron chi connectivity index (χ2n) is 3.89. The molecule has 2 heterocycles. The maximum Gasteiger partial charge on any atom is 0.105 e. The van der Waals surface area contributed by atoms with Crippen LogP contribution in [0.15, 0.2) is 34.3 Å². The van der Waals surface area contributed by atoms with E-state index in [9.17, 15) is 0 Å². The molecule has 16 heavy (non-hydrogen) atoms. The number of furan rings is 1. The quantitative estimate of drug-likeness (QED) is 0.857. The van der Waals surface area contributed by atoms with Gasteiger partial charge in [0.1, 0.15) is 5.76 Å². The summed E-state index contributed by atoms with van der Waals surface area (Å²) in [5, 5.41) is 5.48. The van der Waals surface area contributed by atoms with E-state index in [1.54, 1.807) is 6.26 Å². The van der Waals surface area contributed by atoms with Gasteiger partial charge in [0, 0.05) is 16.5 Å². The van der Waals surface area contributed by atoms with Crippen molar-refractivity contribution in [2.24, 2.45) is 0 Å². The average molecular weight is 235 g/mol. The lowest BCUT2D eigenvalue weighted by molar-refractivity contribution is 0.501. The van der Waals surface area contributed by atoms with Crippen LogP contribution in [0.1, 0.15) is 28.7 Å². The van der Waals surface area contributed by atoms with Gasteiger partial charge in [-0.2, -0.15) is 0 Å². The van der Waals surface area contributed by atoms with Crippen LogP contribution in [0, 0.1) is 6.92 Å². The molecule has 0 saturated carbocycles. The smallest absolute Gasteiger partial charge is 0.105 e. The summed E-state index contributed by atoms with van der Waals surface area (Å²) in [7, 11) is 2.01. The summed E-state index contributed by atoms with van der Waals surface area (Å²) in [6.07, 6.45) is 3.99. The second kappa shape index (κ2) is 5.32. The first-order valence-corrected chi connectivity index (χ1v) is 6.43. The first-order chi connectivity index (χ1) is 7.81. The van der Waals surface area contributed by atoms with Crippen LogP contribution in [-0.4, -0.2) is 7.05 Å². The summed E-state index contributed by atoms with van der Waals surface area (Å²) in [4.78, 5) is 1.45. The number of aryl methyl sites for hydroxylation is 2. The molecular formula is C13H17NOS. The highest BCUT2D eigenvalue weighted by atomic mass is 32.1. The zero-order valence-electron chi connectivity index (χ0n) is 9.69. The van der Waals surface area contributed by atoms with Crippen molar-refractivity contribution in [2.45, 2.75) is 25.8 Å². The molecule has 0 bridgehead atoms. The molecule has 0 aromatic carbocycles. The molecule has 0 radical (unpaired) electrons. The van der Waals surface area contributed by atoms with Crippen LogP contribution in [0.3, 0.4) is 0 Å². The number of rotatable bonds is 5. The topological polar surface area (TPSA) is 25.2 Å². The molecule has 2 nitrogen and oxygen atoms in total. The lowest BCUT2D eigenvalue weighted by atomic mass is 10.0. The summed E-state index contributed by atoms with van der Waals surface area (Å²) in [5.74, 6) is 1.02. The predicted octanol–water partition coefficient (Wildman–Crippen LogP) is 3.54. The molecule has 1 atom stereocenters. The first kappa shape index (κ1) is 11.4.